The van der Waals surface area contributed by atoms with Crippen molar-refractivity contribution in [2.24, 2.45) is 5.92 Å². The molecule has 1 rings (SSSR count). The molecule has 25 heavy (non-hydrogen) atoms. The predicted octanol–water partition coefficient (Wildman–Crippen LogP) is 3.51. The summed E-state index contributed by atoms with van der Waals surface area (Å²) in [6, 6.07) is 0. The molecule has 1 atom stereocenters. The summed E-state index contributed by atoms with van der Waals surface area (Å²) in [6.07, 6.45) is 4.67. The van der Waals surface area contributed by atoms with Gasteiger partial charge in [-0.2, -0.15) is 0 Å². The Balaban J connectivity index is 2.82. The van der Waals surface area contributed by atoms with E-state index in [0.717, 1.165) is 37.1 Å². The van der Waals surface area contributed by atoms with Gasteiger partial charge in [0.2, 0.25) is 5.91 Å². The number of amides is 1. The molecule has 0 spiro atoms. The fourth-order valence-corrected chi connectivity index (χ4v) is 3.40. The van der Waals surface area contributed by atoms with Gasteiger partial charge in [0.05, 0.1) is 13.7 Å². The maximum absolute atomic E-state index is 12.9. The summed E-state index contributed by atoms with van der Waals surface area (Å²) in [7, 11) is 2.99. The van der Waals surface area contributed by atoms with Gasteiger partial charge in [-0.1, -0.05) is 26.7 Å². The summed E-state index contributed by atoms with van der Waals surface area (Å²) in [4.78, 5) is 30.6. The highest BCUT2D eigenvalue weighted by atomic mass is 32.1. The van der Waals surface area contributed by atoms with Gasteiger partial charge in [0.15, 0.2) is 5.69 Å². The average Bonchev–Trinajstić information content (AvgIpc) is 3.09. The zero-order valence-electron chi connectivity index (χ0n) is 15.7. The van der Waals surface area contributed by atoms with Crippen LogP contribution in [0.3, 0.4) is 0 Å². The standard InChI is InChI=1S/C18H30N2O4S/c1-5-7-9-14(6-2)17(21)20(10-8-11-23-3)12-16-19-15(13-25-16)18(22)24-4/h13-14H,5-12H2,1-4H3. The van der Waals surface area contributed by atoms with Crippen LogP contribution >= 0.6 is 11.3 Å². The molecule has 0 radical (unpaired) electrons. The van der Waals surface area contributed by atoms with Crippen molar-refractivity contribution in [3.8, 4) is 0 Å². The minimum absolute atomic E-state index is 0.0440. The predicted molar refractivity (Wildman–Crippen MR) is 98.7 cm³/mol. The number of thiazole rings is 1. The maximum atomic E-state index is 12.9. The number of esters is 1. The molecular weight excluding hydrogens is 340 g/mol. The molecule has 142 valence electrons. The lowest BCUT2D eigenvalue weighted by Crippen LogP contribution is -2.36. The van der Waals surface area contributed by atoms with Crippen molar-refractivity contribution in [2.75, 3.05) is 27.4 Å². The molecule has 0 N–H and O–H groups in total. The van der Waals surface area contributed by atoms with Crippen LogP contribution in [-0.2, 0) is 20.8 Å². The van der Waals surface area contributed by atoms with Crippen LogP contribution in [0.1, 0.15) is 61.4 Å². The van der Waals surface area contributed by atoms with Crippen LogP contribution in [0.15, 0.2) is 5.38 Å². The third-order valence-corrected chi connectivity index (χ3v) is 4.94. The molecule has 1 aromatic rings. The van der Waals surface area contributed by atoms with E-state index in [-0.39, 0.29) is 11.8 Å². The number of carbonyl (C=O) groups excluding carboxylic acids is 2. The summed E-state index contributed by atoms with van der Waals surface area (Å²) >= 11 is 1.38. The minimum atomic E-state index is -0.450. The Morgan fingerprint density at radius 3 is 2.64 bits per heavy atom. The van der Waals surface area contributed by atoms with E-state index >= 15 is 0 Å². The minimum Gasteiger partial charge on any atom is -0.464 e. The first-order chi connectivity index (χ1) is 12.1. The molecule has 0 aliphatic rings. The molecular formula is C18H30N2O4S. The summed E-state index contributed by atoms with van der Waals surface area (Å²) < 4.78 is 9.80. The van der Waals surface area contributed by atoms with E-state index < -0.39 is 5.97 Å². The lowest BCUT2D eigenvalue weighted by Gasteiger charge is -2.26. The first-order valence-corrected chi connectivity index (χ1v) is 9.75. The van der Waals surface area contributed by atoms with Crippen LogP contribution in [0.25, 0.3) is 0 Å². The van der Waals surface area contributed by atoms with Crippen molar-refractivity contribution in [1.82, 2.24) is 9.88 Å². The van der Waals surface area contributed by atoms with Crippen LogP contribution in [0.5, 0.6) is 0 Å². The van der Waals surface area contributed by atoms with Crippen LogP contribution in [-0.4, -0.2) is 49.1 Å². The fourth-order valence-electron chi connectivity index (χ4n) is 2.62. The van der Waals surface area contributed by atoms with E-state index in [1.54, 1.807) is 12.5 Å². The van der Waals surface area contributed by atoms with Gasteiger partial charge >= 0.3 is 5.97 Å². The number of methoxy groups -OCH3 is 2. The SMILES string of the molecule is CCCCC(CC)C(=O)N(CCCOC)Cc1nc(C(=O)OC)cs1. The van der Waals surface area contributed by atoms with Gasteiger partial charge in [0.25, 0.3) is 0 Å². The van der Waals surface area contributed by atoms with E-state index in [4.69, 9.17) is 4.74 Å². The number of nitrogens with zero attached hydrogens (tertiary/aromatic N) is 2. The van der Waals surface area contributed by atoms with Gasteiger partial charge in [-0.05, 0) is 19.3 Å². The molecule has 1 unspecified atom stereocenters. The third kappa shape index (κ3) is 7.12. The second kappa shape index (κ2) is 12.0. The summed E-state index contributed by atoms with van der Waals surface area (Å²) in [5.41, 5.74) is 0.296. The van der Waals surface area contributed by atoms with E-state index in [1.165, 1.54) is 18.4 Å². The first kappa shape index (κ1) is 21.6. The van der Waals surface area contributed by atoms with Crippen LogP contribution in [0.2, 0.25) is 0 Å². The molecule has 0 aliphatic heterocycles. The van der Waals surface area contributed by atoms with Crippen LogP contribution in [0, 0.1) is 5.92 Å². The number of carbonyl (C=O) groups is 2. The Morgan fingerprint density at radius 2 is 2.04 bits per heavy atom. The first-order valence-electron chi connectivity index (χ1n) is 8.87. The van der Waals surface area contributed by atoms with Gasteiger partial charge in [-0.25, -0.2) is 9.78 Å². The highest BCUT2D eigenvalue weighted by Gasteiger charge is 2.23. The van der Waals surface area contributed by atoms with Gasteiger partial charge in [-0.3, -0.25) is 4.79 Å². The molecule has 1 aromatic heterocycles. The Hall–Kier alpha value is -1.47. The normalized spacial score (nSPS) is 12.0. The monoisotopic (exact) mass is 370 g/mol. The molecule has 7 heteroatoms. The third-order valence-electron chi connectivity index (χ3n) is 4.11. The molecule has 0 fully saturated rings. The second-order valence-electron chi connectivity index (χ2n) is 5.97. The van der Waals surface area contributed by atoms with Crippen molar-refractivity contribution >= 4 is 23.2 Å². The molecule has 0 bridgehead atoms. The number of unbranched alkanes of at least 4 members (excludes halogenated alkanes) is 1. The van der Waals surface area contributed by atoms with Crippen LogP contribution < -0.4 is 0 Å². The number of ether oxygens (including phenoxy) is 2. The molecule has 0 saturated carbocycles. The molecule has 0 saturated heterocycles. The van der Waals surface area contributed by atoms with E-state index in [0.29, 0.717) is 25.4 Å². The number of hydrogen-bond donors (Lipinski definition) is 0. The highest BCUT2D eigenvalue weighted by molar-refractivity contribution is 7.09. The lowest BCUT2D eigenvalue weighted by molar-refractivity contribution is -0.136. The van der Waals surface area contributed by atoms with E-state index in [9.17, 15) is 9.59 Å². The second-order valence-corrected chi connectivity index (χ2v) is 6.91. The number of rotatable bonds is 12. The summed E-state index contributed by atoms with van der Waals surface area (Å²) in [6.45, 7) is 5.86. The smallest absolute Gasteiger partial charge is 0.357 e. The van der Waals surface area contributed by atoms with E-state index in [2.05, 4.69) is 23.6 Å². The largest absolute Gasteiger partial charge is 0.464 e. The Morgan fingerprint density at radius 1 is 1.28 bits per heavy atom. The Labute approximate surface area is 154 Å². The maximum Gasteiger partial charge on any atom is 0.357 e. The van der Waals surface area contributed by atoms with Gasteiger partial charge < -0.3 is 14.4 Å². The fraction of sp³-hybridized carbons (Fsp3) is 0.722. The molecule has 6 nitrogen and oxygen atoms in total. The van der Waals surface area contributed by atoms with Crippen LogP contribution in [0.4, 0.5) is 0 Å². The lowest BCUT2D eigenvalue weighted by atomic mass is 9.97. The zero-order valence-corrected chi connectivity index (χ0v) is 16.6. The van der Waals surface area contributed by atoms with Crippen molar-refractivity contribution in [3.05, 3.63) is 16.1 Å². The zero-order chi connectivity index (χ0) is 18.7. The average molecular weight is 371 g/mol. The van der Waals surface area contributed by atoms with Crippen molar-refractivity contribution in [3.63, 3.8) is 0 Å². The molecule has 0 aromatic carbocycles. The summed E-state index contributed by atoms with van der Waals surface area (Å²) in [5, 5.41) is 2.42. The molecule has 0 aliphatic carbocycles. The number of hydrogen-bond acceptors (Lipinski definition) is 6. The Bertz CT molecular complexity index is 533. The molecule has 1 heterocycles. The Kier molecular flexibility index (Phi) is 10.3. The topological polar surface area (TPSA) is 68.7 Å². The van der Waals surface area contributed by atoms with Crippen molar-refractivity contribution in [1.29, 1.82) is 0 Å². The summed E-state index contributed by atoms with van der Waals surface area (Å²) in [5.74, 6) is -0.237. The van der Waals surface area contributed by atoms with Gasteiger partial charge in [-0.15, -0.1) is 11.3 Å². The highest BCUT2D eigenvalue weighted by Crippen LogP contribution is 2.20. The number of aromatic nitrogens is 1. The molecule has 1 amide bonds. The van der Waals surface area contributed by atoms with Gasteiger partial charge in [0.1, 0.15) is 5.01 Å². The van der Waals surface area contributed by atoms with Crippen molar-refractivity contribution < 1.29 is 19.1 Å². The quantitative estimate of drug-likeness (QED) is 0.416. The van der Waals surface area contributed by atoms with E-state index in [1.807, 2.05) is 4.90 Å². The van der Waals surface area contributed by atoms with Gasteiger partial charge in [0, 0.05) is 31.6 Å². The van der Waals surface area contributed by atoms with Crippen molar-refractivity contribution in [2.45, 2.75) is 52.5 Å².